The van der Waals surface area contributed by atoms with Gasteiger partial charge in [0.25, 0.3) is 0 Å². The molecule has 1 aliphatic heterocycles. The molecule has 16 heavy (non-hydrogen) atoms. The number of hydrogen-bond donors (Lipinski definition) is 0. The van der Waals surface area contributed by atoms with E-state index in [-0.39, 0.29) is 16.4 Å². The first-order chi connectivity index (χ1) is 6.93. The molecule has 0 fully saturated rings. The zero-order valence-corrected chi connectivity index (χ0v) is 12.3. The third-order valence-corrected chi connectivity index (χ3v) is 3.22. The summed E-state index contributed by atoms with van der Waals surface area (Å²) in [6.45, 7) is 18.0. The van der Waals surface area contributed by atoms with E-state index in [2.05, 4.69) is 55.4 Å². The van der Waals surface area contributed by atoms with Crippen LogP contribution < -0.4 is 0 Å². The Bertz CT molecular complexity index is 294. The van der Waals surface area contributed by atoms with Crippen LogP contribution in [0.15, 0.2) is 11.3 Å². The summed E-state index contributed by atoms with van der Waals surface area (Å²) in [6.07, 6.45) is 2.29. The van der Waals surface area contributed by atoms with Gasteiger partial charge in [0, 0.05) is 5.41 Å². The van der Waals surface area contributed by atoms with Crippen molar-refractivity contribution in [1.82, 2.24) is 0 Å². The molecule has 0 aliphatic carbocycles. The van der Waals surface area contributed by atoms with Gasteiger partial charge < -0.3 is 4.74 Å². The van der Waals surface area contributed by atoms with Gasteiger partial charge in [-0.25, -0.2) is 0 Å². The van der Waals surface area contributed by atoms with Crippen LogP contribution in [-0.4, -0.2) is 5.60 Å². The highest BCUT2D eigenvalue weighted by Crippen LogP contribution is 2.45. The maximum Gasteiger partial charge on any atom is 0.103 e. The largest absolute Gasteiger partial charge is 0.492 e. The Morgan fingerprint density at radius 3 is 1.81 bits per heavy atom. The summed E-state index contributed by atoms with van der Waals surface area (Å²) in [5.41, 5.74) is 1.83. The lowest BCUT2D eigenvalue weighted by Crippen LogP contribution is -2.35. The molecule has 0 aromatic carbocycles. The second-order valence-electron chi connectivity index (χ2n) is 7.67. The van der Waals surface area contributed by atoms with E-state index in [1.54, 1.807) is 0 Å². The van der Waals surface area contributed by atoms with Crippen LogP contribution in [0, 0.1) is 10.8 Å². The van der Waals surface area contributed by atoms with E-state index in [1.807, 2.05) is 0 Å². The number of ether oxygens (including phenoxy) is 1. The zero-order chi connectivity index (χ0) is 12.8. The second-order valence-corrected chi connectivity index (χ2v) is 7.67. The predicted octanol–water partition coefficient (Wildman–Crippen LogP) is 4.92. The van der Waals surface area contributed by atoms with E-state index in [4.69, 9.17) is 4.74 Å². The summed E-state index contributed by atoms with van der Waals surface area (Å²) in [5.74, 6) is 1.22. The summed E-state index contributed by atoms with van der Waals surface area (Å²) < 4.78 is 6.26. The van der Waals surface area contributed by atoms with E-state index in [1.165, 1.54) is 17.8 Å². The summed E-state index contributed by atoms with van der Waals surface area (Å²) in [6, 6.07) is 0. The third-order valence-electron chi connectivity index (χ3n) is 3.22. The van der Waals surface area contributed by atoms with Gasteiger partial charge in [0.2, 0.25) is 0 Å². The minimum atomic E-state index is -0.00262. The summed E-state index contributed by atoms with van der Waals surface area (Å²) in [4.78, 5) is 0. The van der Waals surface area contributed by atoms with Crippen LogP contribution >= 0.6 is 0 Å². The van der Waals surface area contributed by atoms with Crippen LogP contribution in [0.5, 0.6) is 0 Å². The fourth-order valence-corrected chi connectivity index (χ4v) is 2.25. The molecule has 0 bridgehead atoms. The number of allylic oxidation sites excluding steroid dienone is 2. The molecule has 0 atom stereocenters. The molecule has 0 saturated heterocycles. The number of rotatable bonds is 0. The highest BCUT2D eigenvalue weighted by molar-refractivity contribution is 5.23. The van der Waals surface area contributed by atoms with Gasteiger partial charge in [-0.3, -0.25) is 0 Å². The Morgan fingerprint density at radius 2 is 1.44 bits per heavy atom. The highest BCUT2D eigenvalue weighted by atomic mass is 16.5. The standard InChI is InChI=1S/C15H28O/c1-13(2,3)11-9-10-15(7,8)16-12(11)14(4,5)6/h9-10H2,1-8H3. The van der Waals surface area contributed by atoms with Gasteiger partial charge in [0.15, 0.2) is 0 Å². The van der Waals surface area contributed by atoms with Crippen molar-refractivity contribution < 1.29 is 4.74 Å². The van der Waals surface area contributed by atoms with Crippen molar-refractivity contribution in [3.8, 4) is 0 Å². The monoisotopic (exact) mass is 224 g/mol. The molecule has 0 N–H and O–H groups in total. The van der Waals surface area contributed by atoms with E-state index in [0.717, 1.165) is 6.42 Å². The minimum absolute atomic E-state index is 0.00262. The smallest absolute Gasteiger partial charge is 0.103 e. The Labute approximate surface area is 101 Å². The maximum atomic E-state index is 6.26. The Kier molecular flexibility index (Phi) is 3.22. The van der Waals surface area contributed by atoms with E-state index in [9.17, 15) is 0 Å². The normalized spacial score (nSPS) is 22.0. The van der Waals surface area contributed by atoms with Crippen molar-refractivity contribution in [2.24, 2.45) is 10.8 Å². The zero-order valence-electron chi connectivity index (χ0n) is 12.3. The molecular weight excluding hydrogens is 196 g/mol. The van der Waals surface area contributed by atoms with Crippen molar-refractivity contribution in [3.63, 3.8) is 0 Å². The van der Waals surface area contributed by atoms with Crippen LogP contribution in [0.25, 0.3) is 0 Å². The summed E-state index contributed by atoms with van der Waals surface area (Å²) in [5, 5.41) is 0. The molecule has 1 nitrogen and oxygen atoms in total. The SMILES string of the molecule is CC1(C)CCC(C(C)(C)C)=C(C(C)(C)C)O1. The lowest BCUT2D eigenvalue weighted by Gasteiger charge is -2.43. The lowest BCUT2D eigenvalue weighted by molar-refractivity contribution is -0.0200. The van der Waals surface area contributed by atoms with Crippen molar-refractivity contribution in [1.29, 1.82) is 0 Å². The summed E-state index contributed by atoms with van der Waals surface area (Å²) >= 11 is 0. The first-order valence-corrected chi connectivity index (χ1v) is 6.37. The van der Waals surface area contributed by atoms with Crippen molar-refractivity contribution in [2.45, 2.75) is 73.8 Å². The van der Waals surface area contributed by atoms with Crippen molar-refractivity contribution in [2.75, 3.05) is 0 Å². The maximum absolute atomic E-state index is 6.26. The van der Waals surface area contributed by atoms with Gasteiger partial charge in [-0.05, 0) is 37.7 Å². The topological polar surface area (TPSA) is 9.23 Å². The average Bonchev–Trinajstić information content (AvgIpc) is 1.97. The Hall–Kier alpha value is -0.460. The molecule has 94 valence electrons. The average molecular weight is 224 g/mol. The first-order valence-electron chi connectivity index (χ1n) is 6.37. The Morgan fingerprint density at radius 1 is 0.938 bits per heavy atom. The van der Waals surface area contributed by atoms with Gasteiger partial charge in [-0.15, -0.1) is 0 Å². The van der Waals surface area contributed by atoms with E-state index >= 15 is 0 Å². The molecule has 1 heteroatoms. The minimum Gasteiger partial charge on any atom is -0.492 e. The fraction of sp³-hybridized carbons (Fsp3) is 0.867. The molecule has 0 radical (unpaired) electrons. The molecule has 0 aromatic rings. The fourth-order valence-electron chi connectivity index (χ4n) is 2.25. The Balaban J connectivity index is 3.21. The van der Waals surface area contributed by atoms with E-state index < -0.39 is 0 Å². The van der Waals surface area contributed by atoms with Gasteiger partial charge >= 0.3 is 0 Å². The molecule has 0 spiro atoms. The molecule has 0 amide bonds. The second kappa shape index (κ2) is 3.78. The van der Waals surface area contributed by atoms with Crippen LogP contribution in [0.4, 0.5) is 0 Å². The first kappa shape index (κ1) is 13.6. The van der Waals surface area contributed by atoms with Crippen molar-refractivity contribution in [3.05, 3.63) is 11.3 Å². The quantitative estimate of drug-likeness (QED) is 0.567. The van der Waals surface area contributed by atoms with Crippen LogP contribution in [0.1, 0.15) is 68.2 Å². The van der Waals surface area contributed by atoms with Gasteiger partial charge in [0.05, 0.1) is 0 Å². The molecule has 0 saturated carbocycles. The molecular formula is C15H28O. The van der Waals surface area contributed by atoms with Crippen LogP contribution in [0.2, 0.25) is 0 Å². The predicted molar refractivity (Wildman–Crippen MR) is 70.3 cm³/mol. The van der Waals surface area contributed by atoms with Gasteiger partial charge in [-0.2, -0.15) is 0 Å². The number of hydrogen-bond acceptors (Lipinski definition) is 1. The van der Waals surface area contributed by atoms with Crippen LogP contribution in [-0.2, 0) is 4.74 Å². The van der Waals surface area contributed by atoms with Crippen LogP contribution in [0.3, 0.4) is 0 Å². The molecule has 1 rings (SSSR count). The molecule has 0 aromatic heterocycles. The lowest BCUT2D eigenvalue weighted by atomic mass is 9.74. The van der Waals surface area contributed by atoms with Crippen molar-refractivity contribution >= 4 is 0 Å². The summed E-state index contributed by atoms with van der Waals surface area (Å²) in [7, 11) is 0. The van der Waals surface area contributed by atoms with Gasteiger partial charge in [0.1, 0.15) is 11.4 Å². The molecule has 0 unspecified atom stereocenters. The molecule has 1 heterocycles. The third kappa shape index (κ3) is 3.02. The highest BCUT2D eigenvalue weighted by Gasteiger charge is 2.37. The van der Waals surface area contributed by atoms with Gasteiger partial charge in [-0.1, -0.05) is 41.5 Å². The van der Waals surface area contributed by atoms with E-state index in [0.29, 0.717) is 0 Å². The molecule has 1 aliphatic rings.